The van der Waals surface area contributed by atoms with Crippen molar-refractivity contribution in [2.24, 2.45) is 15.9 Å². The van der Waals surface area contributed by atoms with Gasteiger partial charge in [0.2, 0.25) is 5.90 Å². The van der Waals surface area contributed by atoms with Crippen LogP contribution in [0.3, 0.4) is 0 Å². The number of rotatable bonds is 3. The Hall–Kier alpha value is -2.73. The van der Waals surface area contributed by atoms with Crippen LogP contribution in [0.4, 0.5) is 0 Å². The van der Waals surface area contributed by atoms with Crippen molar-refractivity contribution >= 4 is 28.9 Å². The van der Waals surface area contributed by atoms with E-state index in [0.29, 0.717) is 34.6 Å². The molecule has 0 aromatic heterocycles. The lowest BCUT2D eigenvalue weighted by Crippen LogP contribution is -2.36. The molecule has 0 N–H and O–H groups in total. The molecule has 2 aromatic rings. The Morgan fingerprint density at radius 3 is 2.72 bits per heavy atom. The van der Waals surface area contributed by atoms with Gasteiger partial charge in [0.25, 0.3) is 0 Å². The fraction of sp³-hybridized carbons (Fsp3) is 0.211. The fourth-order valence-electron chi connectivity index (χ4n) is 2.98. The summed E-state index contributed by atoms with van der Waals surface area (Å²) in [6.45, 7) is 0. The van der Waals surface area contributed by atoms with E-state index in [1.165, 1.54) is 0 Å². The number of aliphatic imine (C=N–C) groups is 2. The number of hydrogen-bond donors (Lipinski definition) is 0. The summed E-state index contributed by atoms with van der Waals surface area (Å²) in [5.41, 5.74) is 1.88. The smallest absolute Gasteiger partial charge is 0.207 e. The van der Waals surface area contributed by atoms with Crippen molar-refractivity contribution in [3.63, 3.8) is 0 Å². The second kappa shape index (κ2) is 6.29. The molecule has 4 rings (SSSR count). The van der Waals surface area contributed by atoms with Crippen LogP contribution in [0.2, 0.25) is 0 Å². The van der Waals surface area contributed by atoms with Crippen molar-refractivity contribution in [1.82, 2.24) is 0 Å². The minimum Gasteiger partial charge on any atom is -0.497 e. The maximum Gasteiger partial charge on any atom is 0.207 e. The van der Waals surface area contributed by atoms with Crippen LogP contribution in [0, 0.1) is 5.92 Å². The quantitative estimate of drug-likeness (QED) is 0.794. The van der Waals surface area contributed by atoms with Crippen molar-refractivity contribution in [3.8, 4) is 17.2 Å². The normalized spacial score (nSPS) is 18.3. The molecule has 6 heteroatoms. The van der Waals surface area contributed by atoms with Gasteiger partial charge in [-0.1, -0.05) is 36.5 Å². The predicted octanol–water partition coefficient (Wildman–Crippen LogP) is 3.44. The third kappa shape index (κ3) is 2.78. The molecule has 0 bridgehead atoms. The zero-order valence-electron chi connectivity index (χ0n) is 13.9. The van der Waals surface area contributed by atoms with Gasteiger partial charge in [0.15, 0.2) is 17.3 Å². The zero-order chi connectivity index (χ0) is 17.4. The van der Waals surface area contributed by atoms with Gasteiger partial charge in [0.05, 0.1) is 20.1 Å². The molecule has 0 saturated heterocycles. The van der Waals surface area contributed by atoms with Crippen molar-refractivity contribution in [2.75, 3.05) is 14.2 Å². The summed E-state index contributed by atoms with van der Waals surface area (Å²) >= 11 is 5.52. The monoisotopic (exact) mass is 352 g/mol. The summed E-state index contributed by atoms with van der Waals surface area (Å²) in [4.78, 5) is 9.72. The van der Waals surface area contributed by atoms with Crippen LogP contribution in [0.15, 0.2) is 52.4 Å². The molecule has 0 saturated carbocycles. The van der Waals surface area contributed by atoms with Gasteiger partial charge in [-0.05, 0) is 30.2 Å². The summed E-state index contributed by atoms with van der Waals surface area (Å²) in [6, 6.07) is 13.4. The van der Waals surface area contributed by atoms with Crippen molar-refractivity contribution in [2.45, 2.75) is 6.42 Å². The Morgan fingerprint density at radius 2 is 1.92 bits per heavy atom. The van der Waals surface area contributed by atoms with Gasteiger partial charge in [-0.3, -0.25) is 0 Å². The second-order valence-corrected chi connectivity index (χ2v) is 6.18. The average molecular weight is 352 g/mol. The maximum absolute atomic E-state index is 6.06. The van der Waals surface area contributed by atoms with Crippen molar-refractivity contribution < 1.29 is 14.2 Å². The minimum absolute atomic E-state index is 0.121. The number of para-hydroxylation sites is 1. The number of amidine groups is 1. The van der Waals surface area contributed by atoms with Gasteiger partial charge in [-0.15, -0.1) is 0 Å². The number of thiocarbonyl (C=S) groups is 1. The van der Waals surface area contributed by atoms with Crippen LogP contribution in [0.25, 0.3) is 0 Å². The second-order valence-electron chi connectivity index (χ2n) is 5.76. The fourth-order valence-corrected chi connectivity index (χ4v) is 3.25. The highest BCUT2D eigenvalue weighted by Crippen LogP contribution is 2.38. The van der Waals surface area contributed by atoms with Gasteiger partial charge in [-0.25, -0.2) is 4.99 Å². The van der Waals surface area contributed by atoms with Crippen LogP contribution in [-0.4, -0.2) is 30.9 Å². The molecule has 0 radical (unpaired) electrons. The first-order chi connectivity index (χ1) is 12.2. The SMILES string of the molecule is COc1cccc(C2=NC(=S)C3Cc4cccc(OC)c4OC3=N2)c1. The van der Waals surface area contributed by atoms with Crippen LogP contribution in [0.5, 0.6) is 17.2 Å². The van der Waals surface area contributed by atoms with Crippen LogP contribution >= 0.6 is 12.2 Å². The van der Waals surface area contributed by atoms with Gasteiger partial charge >= 0.3 is 0 Å². The van der Waals surface area contributed by atoms with E-state index < -0.39 is 0 Å². The molecule has 0 fully saturated rings. The number of methoxy groups -OCH3 is 2. The first kappa shape index (κ1) is 15.8. The zero-order valence-corrected chi connectivity index (χ0v) is 14.7. The number of nitrogens with zero attached hydrogens (tertiary/aromatic N) is 2. The molecule has 2 heterocycles. The number of hydrogen-bond acceptors (Lipinski definition) is 5. The van der Waals surface area contributed by atoms with Gasteiger partial charge in [0.1, 0.15) is 10.7 Å². The largest absolute Gasteiger partial charge is 0.497 e. The molecule has 0 spiro atoms. The van der Waals surface area contributed by atoms with E-state index in [-0.39, 0.29) is 5.92 Å². The molecule has 2 aliphatic rings. The summed E-state index contributed by atoms with van der Waals surface area (Å²) in [7, 11) is 3.25. The molecule has 5 nitrogen and oxygen atoms in total. The summed E-state index contributed by atoms with van der Waals surface area (Å²) < 4.78 is 16.7. The highest BCUT2D eigenvalue weighted by atomic mass is 32.1. The molecular weight excluding hydrogens is 336 g/mol. The van der Waals surface area contributed by atoms with Crippen molar-refractivity contribution in [1.29, 1.82) is 0 Å². The van der Waals surface area contributed by atoms with Crippen LogP contribution in [-0.2, 0) is 6.42 Å². The lowest BCUT2D eigenvalue weighted by atomic mass is 9.94. The van der Waals surface area contributed by atoms with E-state index in [9.17, 15) is 0 Å². The van der Waals surface area contributed by atoms with Gasteiger partial charge < -0.3 is 14.2 Å². The third-order valence-corrected chi connectivity index (χ3v) is 4.64. The minimum atomic E-state index is -0.121. The number of fused-ring (bicyclic) bond motifs is 2. The summed E-state index contributed by atoms with van der Waals surface area (Å²) in [5.74, 6) is 3.11. The highest BCUT2D eigenvalue weighted by Gasteiger charge is 2.34. The van der Waals surface area contributed by atoms with E-state index in [4.69, 9.17) is 26.4 Å². The molecule has 0 aliphatic carbocycles. The average Bonchev–Trinajstić information content (AvgIpc) is 2.66. The Labute approximate surface area is 151 Å². The molecule has 2 aliphatic heterocycles. The summed E-state index contributed by atoms with van der Waals surface area (Å²) in [6.07, 6.45) is 0.707. The molecule has 25 heavy (non-hydrogen) atoms. The van der Waals surface area contributed by atoms with Gasteiger partial charge in [-0.2, -0.15) is 4.99 Å². The van der Waals surface area contributed by atoms with E-state index in [2.05, 4.69) is 9.98 Å². The molecule has 0 amide bonds. The van der Waals surface area contributed by atoms with E-state index >= 15 is 0 Å². The number of benzene rings is 2. The Kier molecular flexibility index (Phi) is 3.97. The van der Waals surface area contributed by atoms with E-state index in [1.807, 2.05) is 42.5 Å². The third-order valence-electron chi connectivity index (χ3n) is 4.27. The molecule has 126 valence electrons. The first-order valence-corrected chi connectivity index (χ1v) is 8.29. The van der Waals surface area contributed by atoms with E-state index in [1.54, 1.807) is 14.2 Å². The van der Waals surface area contributed by atoms with Crippen molar-refractivity contribution in [3.05, 3.63) is 53.6 Å². The Bertz CT molecular complexity index is 921. The topological polar surface area (TPSA) is 52.4 Å². The Morgan fingerprint density at radius 1 is 1.08 bits per heavy atom. The molecular formula is C19H16N2O3S. The van der Waals surface area contributed by atoms with Crippen LogP contribution in [0.1, 0.15) is 11.1 Å². The molecule has 1 atom stereocenters. The summed E-state index contributed by atoms with van der Waals surface area (Å²) in [5, 5.41) is 0. The molecule has 2 aromatic carbocycles. The molecule has 1 unspecified atom stereocenters. The first-order valence-electron chi connectivity index (χ1n) is 7.89. The van der Waals surface area contributed by atoms with Crippen LogP contribution < -0.4 is 14.2 Å². The standard InChI is InChI=1S/C19H16N2O3S/c1-22-13-7-3-6-12(9-13)17-20-18-14(19(25)21-17)10-11-5-4-8-15(23-2)16(11)24-18/h3-9,14H,10H2,1-2H3. The van der Waals surface area contributed by atoms with E-state index in [0.717, 1.165) is 16.9 Å². The Balaban J connectivity index is 1.74. The van der Waals surface area contributed by atoms with Gasteiger partial charge in [0, 0.05) is 5.56 Å². The highest BCUT2D eigenvalue weighted by molar-refractivity contribution is 7.80. The lowest BCUT2D eigenvalue weighted by Gasteiger charge is -2.29. The lowest BCUT2D eigenvalue weighted by molar-refractivity contribution is 0.379. The predicted molar refractivity (Wildman–Crippen MR) is 100 cm³/mol. The maximum atomic E-state index is 6.06. The number of ether oxygens (including phenoxy) is 3.